The van der Waals surface area contributed by atoms with E-state index in [1.807, 2.05) is 13.8 Å². The van der Waals surface area contributed by atoms with E-state index in [0.717, 1.165) is 36.7 Å². The molecule has 0 aromatic rings. The first-order valence-electron chi connectivity index (χ1n) is 6.45. The van der Waals surface area contributed by atoms with Crippen LogP contribution in [0, 0.1) is 11.3 Å². The smallest absolute Gasteiger partial charge is 0.159 e. The fourth-order valence-electron chi connectivity index (χ4n) is 3.74. The Kier molecular flexibility index (Phi) is 2.31. The lowest BCUT2D eigenvalue weighted by Crippen LogP contribution is -2.55. The second-order valence-electron chi connectivity index (χ2n) is 5.87. The molecule has 4 rings (SSSR count). The summed E-state index contributed by atoms with van der Waals surface area (Å²) in [6.45, 7) is 3.99. The van der Waals surface area contributed by atoms with Crippen LogP contribution in [0.25, 0.3) is 0 Å². The number of carbonyl (C=O) groups excluding carboxylic acids is 2. The number of hydrogen-bond acceptors (Lipinski definition) is 3. The molecule has 1 fully saturated rings. The summed E-state index contributed by atoms with van der Waals surface area (Å²) in [5.41, 5.74) is 1.72. The van der Waals surface area contributed by atoms with Crippen LogP contribution in [0.2, 0.25) is 0 Å². The van der Waals surface area contributed by atoms with Gasteiger partial charge in [0.15, 0.2) is 5.78 Å². The van der Waals surface area contributed by atoms with E-state index in [0.29, 0.717) is 12.2 Å². The lowest BCUT2D eigenvalue weighted by atomic mass is 9.60. The maximum absolute atomic E-state index is 12.1. The van der Waals surface area contributed by atoms with Crippen molar-refractivity contribution in [2.75, 3.05) is 0 Å². The van der Waals surface area contributed by atoms with Gasteiger partial charge in [0.2, 0.25) is 0 Å². The zero-order chi connectivity index (χ0) is 12.2. The Morgan fingerprint density at radius 2 is 2.18 bits per heavy atom. The molecule has 0 spiro atoms. The molecule has 4 aliphatic rings. The van der Waals surface area contributed by atoms with Crippen LogP contribution in [0.3, 0.4) is 0 Å². The number of hydrogen-bond donors (Lipinski definition) is 0. The molecule has 2 aliphatic heterocycles. The largest absolute Gasteiger partial charge is 0.369 e. The van der Waals surface area contributed by atoms with Crippen molar-refractivity contribution in [3.05, 3.63) is 11.1 Å². The van der Waals surface area contributed by atoms with Gasteiger partial charge in [-0.1, -0.05) is 6.92 Å². The van der Waals surface area contributed by atoms with Gasteiger partial charge in [-0.2, -0.15) is 0 Å². The van der Waals surface area contributed by atoms with Gasteiger partial charge in [0, 0.05) is 17.9 Å². The number of ether oxygens (including phenoxy) is 1. The summed E-state index contributed by atoms with van der Waals surface area (Å²) in [5.74, 6) is 0.433. The lowest BCUT2D eigenvalue weighted by molar-refractivity contribution is -0.155. The summed E-state index contributed by atoms with van der Waals surface area (Å²) in [6.07, 6.45) is 4.23. The van der Waals surface area contributed by atoms with Crippen molar-refractivity contribution in [3.8, 4) is 0 Å². The molecular formula is C14H18O3. The summed E-state index contributed by atoms with van der Waals surface area (Å²) in [5, 5.41) is 0. The molecule has 0 unspecified atom stereocenters. The van der Waals surface area contributed by atoms with Crippen LogP contribution >= 0.6 is 0 Å². The maximum Gasteiger partial charge on any atom is 0.159 e. The molecule has 0 saturated carbocycles. The van der Waals surface area contributed by atoms with Crippen molar-refractivity contribution in [2.45, 2.75) is 51.7 Å². The standard InChI is InChI=1S/C14H18O3/c1-8-10-6-14(2,7-15)13(17-8)9-4-3-5-11(16)12(9)10/h7-8,10,13H,3-6H2,1-2H3/t8-,10-,13+,14-/m1/s1. The first-order valence-corrected chi connectivity index (χ1v) is 6.45. The molecule has 0 aromatic heterocycles. The molecule has 0 N–H and O–H groups in total. The average Bonchev–Trinajstić information content (AvgIpc) is 2.32. The van der Waals surface area contributed by atoms with E-state index in [1.54, 1.807) is 0 Å². The third-order valence-corrected chi connectivity index (χ3v) is 4.63. The molecule has 2 bridgehead atoms. The summed E-state index contributed by atoms with van der Waals surface area (Å²) in [4.78, 5) is 23.4. The van der Waals surface area contributed by atoms with Crippen LogP contribution in [0.15, 0.2) is 11.1 Å². The molecule has 92 valence electrons. The fourth-order valence-corrected chi connectivity index (χ4v) is 3.74. The van der Waals surface area contributed by atoms with E-state index in [9.17, 15) is 9.59 Å². The molecule has 1 saturated heterocycles. The fraction of sp³-hybridized carbons (Fsp3) is 0.714. The van der Waals surface area contributed by atoms with Gasteiger partial charge in [-0.25, -0.2) is 0 Å². The predicted octanol–water partition coefficient (Wildman–Crippen LogP) is 2.05. The number of aldehydes is 1. The lowest BCUT2D eigenvalue weighted by Gasteiger charge is -2.52. The van der Waals surface area contributed by atoms with Crippen molar-refractivity contribution in [1.82, 2.24) is 0 Å². The number of ketones is 1. The van der Waals surface area contributed by atoms with Gasteiger partial charge < -0.3 is 9.53 Å². The highest BCUT2D eigenvalue weighted by molar-refractivity contribution is 5.98. The topological polar surface area (TPSA) is 43.4 Å². The maximum atomic E-state index is 12.1. The number of carbonyl (C=O) groups is 2. The Morgan fingerprint density at radius 1 is 1.41 bits per heavy atom. The molecule has 2 heterocycles. The summed E-state index contributed by atoms with van der Waals surface area (Å²) in [7, 11) is 0. The summed E-state index contributed by atoms with van der Waals surface area (Å²) in [6, 6.07) is 0. The Bertz CT molecular complexity index is 423. The number of fused-ring (bicyclic) bond motifs is 2. The van der Waals surface area contributed by atoms with Crippen LogP contribution in [0.4, 0.5) is 0 Å². The second kappa shape index (κ2) is 3.52. The van der Waals surface area contributed by atoms with Gasteiger partial charge in [-0.15, -0.1) is 0 Å². The molecule has 3 heteroatoms. The predicted molar refractivity (Wildman–Crippen MR) is 62.5 cm³/mol. The Labute approximate surface area is 101 Å². The zero-order valence-corrected chi connectivity index (χ0v) is 10.4. The Hall–Kier alpha value is -0.960. The monoisotopic (exact) mass is 234 g/mol. The van der Waals surface area contributed by atoms with Crippen LogP contribution < -0.4 is 0 Å². The molecule has 0 radical (unpaired) electrons. The molecule has 0 aromatic carbocycles. The Morgan fingerprint density at radius 3 is 2.88 bits per heavy atom. The first-order chi connectivity index (χ1) is 8.07. The Balaban J connectivity index is 2.12. The number of Topliss-reactive ketones (excluding diaryl/α,β-unsaturated/α-hetero) is 1. The highest BCUT2D eigenvalue weighted by atomic mass is 16.5. The minimum Gasteiger partial charge on any atom is -0.369 e. The third-order valence-electron chi connectivity index (χ3n) is 4.63. The third kappa shape index (κ3) is 1.38. The van der Waals surface area contributed by atoms with Crippen LogP contribution in [-0.2, 0) is 14.3 Å². The summed E-state index contributed by atoms with van der Waals surface area (Å²) >= 11 is 0. The van der Waals surface area contributed by atoms with Gasteiger partial charge in [-0.05, 0) is 31.8 Å². The molecular weight excluding hydrogens is 216 g/mol. The first kappa shape index (κ1) is 11.1. The molecule has 3 nitrogen and oxygen atoms in total. The van der Waals surface area contributed by atoms with E-state index < -0.39 is 5.41 Å². The van der Waals surface area contributed by atoms with Crippen molar-refractivity contribution in [3.63, 3.8) is 0 Å². The van der Waals surface area contributed by atoms with Crippen LogP contribution in [0.5, 0.6) is 0 Å². The normalized spacial score (nSPS) is 44.8. The highest BCUT2D eigenvalue weighted by Gasteiger charge is 2.54. The van der Waals surface area contributed by atoms with Crippen molar-refractivity contribution < 1.29 is 14.3 Å². The molecule has 17 heavy (non-hydrogen) atoms. The van der Waals surface area contributed by atoms with Gasteiger partial charge >= 0.3 is 0 Å². The van der Waals surface area contributed by atoms with Crippen molar-refractivity contribution >= 4 is 12.1 Å². The summed E-state index contributed by atoms with van der Waals surface area (Å²) < 4.78 is 5.97. The van der Waals surface area contributed by atoms with Gasteiger partial charge in [0.1, 0.15) is 6.29 Å². The minimum atomic E-state index is -0.423. The van der Waals surface area contributed by atoms with Crippen molar-refractivity contribution in [2.24, 2.45) is 11.3 Å². The van der Waals surface area contributed by atoms with Crippen molar-refractivity contribution in [1.29, 1.82) is 0 Å². The molecule has 2 aliphatic carbocycles. The zero-order valence-electron chi connectivity index (χ0n) is 10.4. The second-order valence-corrected chi connectivity index (χ2v) is 5.87. The quantitative estimate of drug-likeness (QED) is 0.652. The number of rotatable bonds is 1. The highest BCUT2D eigenvalue weighted by Crippen LogP contribution is 2.53. The van der Waals surface area contributed by atoms with E-state index in [4.69, 9.17) is 4.74 Å². The SMILES string of the molecule is C[C@H]1O[C@H]2C3=C(C(=O)CCC3)[C@@H]1C[C@]2(C)C=O. The van der Waals surface area contributed by atoms with E-state index in [-0.39, 0.29) is 18.1 Å². The van der Waals surface area contributed by atoms with Gasteiger partial charge in [0.25, 0.3) is 0 Å². The average molecular weight is 234 g/mol. The van der Waals surface area contributed by atoms with Gasteiger partial charge in [0.05, 0.1) is 17.6 Å². The van der Waals surface area contributed by atoms with E-state index in [2.05, 4.69) is 0 Å². The molecule has 0 amide bonds. The van der Waals surface area contributed by atoms with Gasteiger partial charge in [-0.3, -0.25) is 4.79 Å². The van der Waals surface area contributed by atoms with Crippen LogP contribution in [-0.4, -0.2) is 24.3 Å². The van der Waals surface area contributed by atoms with E-state index in [1.165, 1.54) is 0 Å². The van der Waals surface area contributed by atoms with E-state index >= 15 is 0 Å². The molecule has 4 atom stereocenters. The van der Waals surface area contributed by atoms with Crippen LogP contribution in [0.1, 0.15) is 39.5 Å². The minimum absolute atomic E-state index is 0.0776.